The summed E-state index contributed by atoms with van der Waals surface area (Å²) in [5.41, 5.74) is 3.83. The van der Waals surface area contributed by atoms with Gasteiger partial charge in [-0.25, -0.2) is 0 Å². The topological polar surface area (TPSA) is 105 Å². The van der Waals surface area contributed by atoms with Crippen molar-refractivity contribution in [1.29, 1.82) is 0 Å². The van der Waals surface area contributed by atoms with E-state index < -0.39 is 5.91 Å². The number of carbonyl (C=O) groups is 2. The number of hydrogen-bond acceptors (Lipinski definition) is 4. The second-order valence-electron chi connectivity index (χ2n) is 8.99. The molecule has 2 aromatic heterocycles. The fourth-order valence-corrected chi connectivity index (χ4v) is 4.55. The average molecular weight is 485 g/mol. The molecular weight excluding hydrogens is 456 g/mol. The number of H-pyrrole nitrogens is 1. The standard InChI is InChI=1S/C28H28N4O4/c33-26(23-6-3-13-32(28(23)35)18-20-9-14-36-15-10-20)30-12-1-4-19-7-8-22-24(17-21-5-2-11-29-21)27(34)31-25(22)16-19/h1-8,11,13,16-17,20,29H,9-10,12,14-15,18H2,(H,30,33)(H,31,34)/b4-1+,24-17+. The van der Waals surface area contributed by atoms with E-state index in [0.29, 0.717) is 31.2 Å². The molecular formula is C28H28N4O4. The summed E-state index contributed by atoms with van der Waals surface area (Å²) in [6, 6.07) is 12.8. The number of amides is 2. The number of aromatic nitrogens is 2. The third-order valence-corrected chi connectivity index (χ3v) is 6.50. The van der Waals surface area contributed by atoms with E-state index in [-0.39, 0.29) is 23.6 Å². The van der Waals surface area contributed by atoms with Gasteiger partial charge in [0.05, 0.1) is 5.57 Å². The number of ether oxygens (including phenoxy) is 1. The fourth-order valence-electron chi connectivity index (χ4n) is 4.55. The summed E-state index contributed by atoms with van der Waals surface area (Å²) < 4.78 is 7.01. The van der Waals surface area contributed by atoms with Gasteiger partial charge in [-0.1, -0.05) is 24.3 Å². The molecule has 1 fully saturated rings. The maximum Gasteiger partial charge on any atom is 0.263 e. The molecule has 0 unspecified atom stereocenters. The van der Waals surface area contributed by atoms with Gasteiger partial charge in [-0.05, 0) is 60.7 Å². The van der Waals surface area contributed by atoms with Gasteiger partial charge in [-0.3, -0.25) is 14.4 Å². The van der Waals surface area contributed by atoms with Crippen LogP contribution in [0, 0.1) is 5.92 Å². The van der Waals surface area contributed by atoms with Crippen molar-refractivity contribution in [1.82, 2.24) is 14.9 Å². The van der Waals surface area contributed by atoms with E-state index in [4.69, 9.17) is 4.74 Å². The van der Waals surface area contributed by atoms with Crippen LogP contribution >= 0.6 is 0 Å². The lowest BCUT2D eigenvalue weighted by molar-refractivity contribution is -0.110. The van der Waals surface area contributed by atoms with Crippen molar-refractivity contribution in [2.24, 2.45) is 5.92 Å². The summed E-state index contributed by atoms with van der Waals surface area (Å²) in [5.74, 6) is -0.153. The fraction of sp³-hybridized carbons (Fsp3) is 0.250. The van der Waals surface area contributed by atoms with Crippen molar-refractivity contribution >= 4 is 35.2 Å². The van der Waals surface area contributed by atoms with E-state index in [1.165, 1.54) is 0 Å². The van der Waals surface area contributed by atoms with Crippen LogP contribution < -0.4 is 16.2 Å². The molecule has 36 heavy (non-hydrogen) atoms. The highest BCUT2D eigenvalue weighted by atomic mass is 16.5. The summed E-state index contributed by atoms with van der Waals surface area (Å²) >= 11 is 0. The second kappa shape index (κ2) is 10.6. The van der Waals surface area contributed by atoms with Gasteiger partial charge in [0.25, 0.3) is 17.4 Å². The minimum Gasteiger partial charge on any atom is -0.381 e. The van der Waals surface area contributed by atoms with Gasteiger partial charge in [-0.15, -0.1) is 0 Å². The zero-order valence-electron chi connectivity index (χ0n) is 19.8. The SMILES string of the molecule is O=C1Nc2cc(/C=C/CNC(=O)c3cccn(CC4CCOCC4)c3=O)ccc2/C1=C\c1ccc[nH]1. The molecule has 184 valence electrons. The molecule has 0 atom stereocenters. The molecule has 1 saturated heterocycles. The molecule has 5 rings (SSSR count). The van der Waals surface area contributed by atoms with Crippen LogP contribution in [0.15, 0.2) is 65.7 Å². The number of fused-ring (bicyclic) bond motifs is 1. The summed E-state index contributed by atoms with van der Waals surface area (Å²) in [6.45, 7) is 2.30. The zero-order valence-corrected chi connectivity index (χ0v) is 19.8. The Morgan fingerprint density at radius 3 is 2.81 bits per heavy atom. The molecule has 2 aliphatic rings. The van der Waals surface area contributed by atoms with Crippen LogP contribution in [-0.4, -0.2) is 41.1 Å². The zero-order chi connectivity index (χ0) is 24.9. The third-order valence-electron chi connectivity index (χ3n) is 6.50. The summed E-state index contributed by atoms with van der Waals surface area (Å²) in [4.78, 5) is 40.9. The van der Waals surface area contributed by atoms with Gasteiger partial charge >= 0.3 is 0 Å². The Morgan fingerprint density at radius 1 is 1.14 bits per heavy atom. The Balaban J connectivity index is 1.20. The van der Waals surface area contributed by atoms with Gasteiger partial charge in [0.2, 0.25) is 0 Å². The van der Waals surface area contributed by atoms with Crippen molar-refractivity contribution in [2.45, 2.75) is 19.4 Å². The molecule has 8 heteroatoms. The van der Waals surface area contributed by atoms with E-state index in [1.807, 2.05) is 54.8 Å². The normalized spacial score (nSPS) is 16.9. The molecule has 0 radical (unpaired) electrons. The second-order valence-corrected chi connectivity index (χ2v) is 8.99. The number of pyridine rings is 1. The van der Waals surface area contributed by atoms with Crippen LogP contribution in [0.1, 0.15) is 40.0 Å². The number of aromatic amines is 1. The van der Waals surface area contributed by atoms with E-state index in [2.05, 4.69) is 15.6 Å². The van der Waals surface area contributed by atoms with Crippen molar-refractivity contribution in [3.05, 3.63) is 93.7 Å². The number of nitrogens with one attached hydrogen (secondary N) is 3. The quantitative estimate of drug-likeness (QED) is 0.446. The molecule has 3 N–H and O–H groups in total. The Kier molecular flexibility index (Phi) is 6.95. The van der Waals surface area contributed by atoms with E-state index >= 15 is 0 Å². The van der Waals surface area contributed by atoms with E-state index in [1.54, 1.807) is 22.9 Å². The molecule has 3 aromatic rings. The largest absolute Gasteiger partial charge is 0.381 e. The molecule has 0 spiro atoms. The molecule has 2 aliphatic heterocycles. The third kappa shape index (κ3) is 5.23. The Labute approximate surface area is 208 Å². The molecule has 8 nitrogen and oxygen atoms in total. The van der Waals surface area contributed by atoms with E-state index in [9.17, 15) is 14.4 Å². The molecule has 4 heterocycles. The highest BCUT2D eigenvalue weighted by molar-refractivity contribution is 6.34. The minimum absolute atomic E-state index is 0.139. The van der Waals surface area contributed by atoms with Crippen LogP contribution in [0.25, 0.3) is 17.7 Å². The average Bonchev–Trinajstić information content (AvgIpc) is 3.51. The predicted molar refractivity (Wildman–Crippen MR) is 139 cm³/mol. The number of hydrogen-bond donors (Lipinski definition) is 3. The molecule has 2 amide bonds. The first-order valence-electron chi connectivity index (χ1n) is 12.1. The number of anilines is 1. The van der Waals surface area contributed by atoms with Crippen LogP contribution in [0.3, 0.4) is 0 Å². The highest BCUT2D eigenvalue weighted by Gasteiger charge is 2.24. The predicted octanol–water partition coefficient (Wildman–Crippen LogP) is 3.54. The maximum absolute atomic E-state index is 12.8. The number of carbonyl (C=O) groups excluding carboxylic acids is 2. The molecule has 0 saturated carbocycles. The molecule has 0 aliphatic carbocycles. The minimum atomic E-state index is -0.397. The summed E-state index contributed by atoms with van der Waals surface area (Å²) in [5, 5.41) is 5.69. The van der Waals surface area contributed by atoms with Crippen molar-refractivity contribution < 1.29 is 14.3 Å². The molecule has 0 bridgehead atoms. The first kappa shape index (κ1) is 23.6. The lowest BCUT2D eigenvalue weighted by atomic mass is 10.0. The number of nitrogens with zero attached hydrogens (tertiary/aromatic N) is 1. The van der Waals surface area contributed by atoms with Crippen molar-refractivity contribution in [3.8, 4) is 0 Å². The Morgan fingerprint density at radius 2 is 2.00 bits per heavy atom. The maximum atomic E-state index is 12.8. The van der Waals surface area contributed by atoms with Gasteiger partial charge in [-0.2, -0.15) is 0 Å². The monoisotopic (exact) mass is 484 g/mol. The van der Waals surface area contributed by atoms with Gasteiger partial charge in [0.15, 0.2) is 0 Å². The van der Waals surface area contributed by atoms with Gasteiger partial charge in [0, 0.05) is 55.6 Å². The van der Waals surface area contributed by atoms with Crippen LogP contribution in [-0.2, 0) is 16.1 Å². The molecule has 1 aromatic carbocycles. The van der Waals surface area contributed by atoms with Crippen LogP contribution in [0.4, 0.5) is 5.69 Å². The van der Waals surface area contributed by atoms with E-state index in [0.717, 1.165) is 35.3 Å². The van der Waals surface area contributed by atoms with Gasteiger partial charge in [0.1, 0.15) is 5.56 Å². The van der Waals surface area contributed by atoms with Gasteiger partial charge < -0.3 is 24.9 Å². The Hall–Kier alpha value is -4.17. The number of benzene rings is 1. The van der Waals surface area contributed by atoms with Crippen LogP contribution in [0.2, 0.25) is 0 Å². The first-order chi connectivity index (χ1) is 17.6. The lowest BCUT2D eigenvalue weighted by Gasteiger charge is -2.22. The Bertz CT molecular complexity index is 1380. The highest BCUT2D eigenvalue weighted by Crippen LogP contribution is 2.33. The smallest absolute Gasteiger partial charge is 0.263 e. The summed E-state index contributed by atoms with van der Waals surface area (Å²) in [7, 11) is 0. The first-order valence-corrected chi connectivity index (χ1v) is 12.1. The van der Waals surface area contributed by atoms with Crippen LogP contribution in [0.5, 0.6) is 0 Å². The summed E-state index contributed by atoms with van der Waals surface area (Å²) in [6.07, 6.45) is 10.9. The number of rotatable bonds is 7. The lowest BCUT2D eigenvalue weighted by Crippen LogP contribution is -2.34. The van der Waals surface area contributed by atoms with Crippen molar-refractivity contribution in [3.63, 3.8) is 0 Å². The van der Waals surface area contributed by atoms with Crippen molar-refractivity contribution in [2.75, 3.05) is 25.1 Å².